The van der Waals surface area contributed by atoms with Gasteiger partial charge in [-0.3, -0.25) is 0 Å². The Morgan fingerprint density at radius 2 is 1.89 bits per heavy atom. The Kier molecular flexibility index (Phi) is 4.57. The molecule has 0 fully saturated rings. The monoisotopic (exact) mass is 262 g/mol. The molecule has 0 radical (unpaired) electrons. The summed E-state index contributed by atoms with van der Waals surface area (Å²) in [4.78, 5) is 11.7. The van der Waals surface area contributed by atoms with Crippen molar-refractivity contribution in [1.82, 2.24) is 0 Å². The minimum absolute atomic E-state index is 0.395. The first-order valence-electron chi connectivity index (χ1n) is 5.67. The van der Waals surface area contributed by atoms with Crippen LogP contribution in [-0.2, 0) is 4.74 Å². The molecule has 0 atom stereocenters. The maximum absolute atomic E-state index is 11.7. The van der Waals surface area contributed by atoms with Crippen molar-refractivity contribution in [3.05, 3.63) is 29.3 Å². The van der Waals surface area contributed by atoms with Gasteiger partial charge in [0.25, 0.3) is 0 Å². The number of methoxy groups -OCH3 is 2. The van der Waals surface area contributed by atoms with E-state index in [1.165, 1.54) is 7.11 Å². The zero-order chi connectivity index (χ0) is 13.8. The molecule has 1 aromatic rings. The fourth-order valence-corrected chi connectivity index (χ4v) is 1.80. The highest BCUT2D eigenvalue weighted by Gasteiger charge is 2.13. The molecule has 0 amide bonds. The Labute approximate surface area is 109 Å². The molecule has 1 aromatic carbocycles. The van der Waals surface area contributed by atoms with Gasteiger partial charge in [0, 0.05) is 5.56 Å². The van der Waals surface area contributed by atoms with Crippen molar-refractivity contribution in [2.45, 2.75) is 19.6 Å². The highest BCUT2D eigenvalue weighted by atomic mass is 28.3. The topological polar surface area (TPSA) is 35.5 Å². The number of carbonyl (C=O) groups excluding carboxylic acids is 1. The normalized spacial score (nSPS) is 10.3. The van der Waals surface area contributed by atoms with E-state index in [4.69, 9.17) is 9.47 Å². The predicted molar refractivity (Wildman–Crippen MR) is 74.6 cm³/mol. The van der Waals surface area contributed by atoms with Crippen LogP contribution in [-0.4, -0.2) is 28.3 Å². The maximum atomic E-state index is 11.7. The molecule has 96 valence electrons. The molecule has 0 saturated heterocycles. The summed E-state index contributed by atoms with van der Waals surface area (Å²) in [6, 6.07) is 5.24. The summed E-state index contributed by atoms with van der Waals surface area (Å²) in [7, 11) is 1.44. The Morgan fingerprint density at radius 1 is 1.22 bits per heavy atom. The zero-order valence-electron chi connectivity index (χ0n) is 11.5. The number of ether oxygens (including phenoxy) is 2. The first kappa shape index (κ1) is 14.3. The molecule has 0 saturated carbocycles. The van der Waals surface area contributed by atoms with Gasteiger partial charge >= 0.3 is 5.97 Å². The van der Waals surface area contributed by atoms with Crippen LogP contribution < -0.4 is 4.74 Å². The Morgan fingerprint density at radius 3 is 2.39 bits per heavy atom. The van der Waals surface area contributed by atoms with Gasteiger partial charge in [0.05, 0.1) is 19.8 Å². The largest absolute Gasteiger partial charge is 0.497 e. The average molecular weight is 262 g/mol. The third kappa shape index (κ3) is 3.93. The lowest BCUT2D eigenvalue weighted by Gasteiger charge is -2.07. The van der Waals surface area contributed by atoms with Gasteiger partial charge in [-0.2, -0.15) is 0 Å². The van der Waals surface area contributed by atoms with E-state index in [-0.39, 0.29) is 0 Å². The summed E-state index contributed by atoms with van der Waals surface area (Å²) < 4.78 is 9.86. The minimum Gasteiger partial charge on any atom is -0.497 e. The summed E-state index contributed by atoms with van der Waals surface area (Å²) >= 11 is 0. The van der Waals surface area contributed by atoms with E-state index < -0.39 is 14.0 Å². The molecule has 0 aromatic heterocycles. The maximum Gasteiger partial charge on any atom is 0.339 e. The minimum atomic E-state index is -1.47. The first-order valence-corrected chi connectivity index (χ1v) is 9.17. The van der Waals surface area contributed by atoms with Crippen LogP contribution in [0.5, 0.6) is 5.75 Å². The van der Waals surface area contributed by atoms with Crippen LogP contribution in [0.4, 0.5) is 0 Å². The molecule has 0 aliphatic heterocycles. The SMILES string of the molecule is COC(=O)c1cc(OC)ccc1C#C[Si](C)(C)C. The molecule has 0 unspecified atom stereocenters. The number of carbonyl (C=O) groups is 1. The van der Waals surface area contributed by atoms with Gasteiger partial charge in [-0.25, -0.2) is 4.79 Å². The lowest BCUT2D eigenvalue weighted by molar-refractivity contribution is 0.0600. The van der Waals surface area contributed by atoms with Crippen molar-refractivity contribution in [2.75, 3.05) is 14.2 Å². The van der Waals surface area contributed by atoms with Crippen LogP contribution in [0.3, 0.4) is 0 Å². The second-order valence-corrected chi connectivity index (χ2v) is 9.65. The number of esters is 1. The van der Waals surface area contributed by atoms with E-state index in [1.54, 1.807) is 25.3 Å². The standard InChI is InChI=1S/C14H18O3Si/c1-16-12-7-6-11(8-9-18(3,4)5)13(10-12)14(15)17-2/h6-7,10H,1-5H3. The predicted octanol–water partition coefficient (Wildman–Crippen LogP) is 2.71. The van der Waals surface area contributed by atoms with Crippen LogP contribution in [0.2, 0.25) is 19.6 Å². The van der Waals surface area contributed by atoms with E-state index in [0.717, 1.165) is 0 Å². The Bertz CT molecular complexity index is 504. The van der Waals surface area contributed by atoms with E-state index >= 15 is 0 Å². The number of rotatable bonds is 2. The van der Waals surface area contributed by atoms with Crippen LogP contribution >= 0.6 is 0 Å². The quantitative estimate of drug-likeness (QED) is 0.467. The van der Waals surface area contributed by atoms with Crippen molar-refractivity contribution >= 4 is 14.0 Å². The van der Waals surface area contributed by atoms with E-state index in [1.807, 2.05) is 0 Å². The third-order valence-electron chi connectivity index (χ3n) is 2.20. The zero-order valence-corrected chi connectivity index (χ0v) is 12.5. The van der Waals surface area contributed by atoms with Gasteiger partial charge < -0.3 is 9.47 Å². The van der Waals surface area contributed by atoms with Gasteiger partial charge in [0.2, 0.25) is 0 Å². The molecule has 0 bridgehead atoms. The molecule has 18 heavy (non-hydrogen) atoms. The summed E-state index contributed by atoms with van der Waals surface area (Å²) in [6.07, 6.45) is 0. The summed E-state index contributed by atoms with van der Waals surface area (Å²) in [5.41, 5.74) is 4.37. The van der Waals surface area contributed by atoms with Gasteiger partial charge in [-0.15, -0.1) is 5.54 Å². The van der Waals surface area contributed by atoms with Crippen molar-refractivity contribution in [2.24, 2.45) is 0 Å². The number of hydrogen-bond donors (Lipinski definition) is 0. The molecule has 4 heteroatoms. The molecule has 1 rings (SSSR count). The van der Waals surface area contributed by atoms with Gasteiger partial charge in [-0.1, -0.05) is 25.6 Å². The van der Waals surface area contributed by atoms with Crippen molar-refractivity contribution in [1.29, 1.82) is 0 Å². The first-order chi connectivity index (χ1) is 8.37. The summed E-state index contributed by atoms with van der Waals surface area (Å²) in [6.45, 7) is 6.46. The number of hydrogen-bond acceptors (Lipinski definition) is 3. The highest BCUT2D eigenvalue weighted by molar-refractivity contribution is 6.83. The van der Waals surface area contributed by atoms with Crippen molar-refractivity contribution < 1.29 is 14.3 Å². The highest BCUT2D eigenvalue weighted by Crippen LogP contribution is 2.18. The molecule has 0 heterocycles. The fourth-order valence-electron chi connectivity index (χ4n) is 1.29. The molecular formula is C14H18O3Si. The van der Waals surface area contributed by atoms with E-state index in [9.17, 15) is 4.79 Å². The Hall–Kier alpha value is -1.73. The number of benzene rings is 1. The van der Waals surface area contributed by atoms with Crippen LogP contribution in [0.1, 0.15) is 15.9 Å². The van der Waals surface area contributed by atoms with Crippen LogP contribution in [0.25, 0.3) is 0 Å². The van der Waals surface area contributed by atoms with Gasteiger partial charge in [-0.05, 0) is 18.2 Å². The second kappa shape index (κ2) is 5.74. The molecule has 0 aliphatic rings. The van der Waals surface area contributed by atoms with E-state index in [0.29, 0.717) is 16.9 Å². The summed E-state index contributed by atoms with van der Waals surface area (Å²) in [5.74, 6) is 3.30. The van der Waals surface area contributed by atoms with Crippen molar-refractivity contribution in [3.8, 4) is 17.2 Å². The van der Waals surface area contributed by atoms with Crippen LogP contribution in [0.15, 0.2) is 18.2 Å². The molecule has 3 nitrogen and oxygen atoms in total. The fraction of sp³-hybridized carbons (Fsp3) is 0.357. The molecule has 0 aliphatic carbocycles. The third-order valence-corrected chi connectivity index (χ3v) is 3.08. The van der Waals surface area contributed by atoms with Crippen LogP contribution in [0, 0.1) is 11.5 Å². The molecular weight excluding hydrogens is 244 g/mol. The van der Waals surface area contributed by atoms with Gasteiger partial charge in [0.1, 0.15) is 13.8 Å². The lowest BCUT2D eigenvalue weighted by Crippen LogP contribution is -2.16. The average Bonchev–Trinajstić information content (AvgIpc) is 2.34. The Balaban J connectivity index is 3.25. The van der Waals surface area contributed by atoms with Gasteiger partial charge in [0.15, 0.2) is 0 Å². The summed E-state index contributed by atoms with van der Waals surface area (Å²) in [5, 5.41) is 0. The second-order valence-electron chi connectivity index (χ2n) is 4.90. The smallest absolute Gasteiger partial charge is 0.339 e. The van der Waals surface area contributed by atoms with E-state index in [2.05, 4.69) is 31.1 Å². The van der Waals surface area contributed by atoms with Crippen molar-refractivity contribution in [3.63, 3.8) is 0 Å². The molecule has 0 N–H and O–H groups in total. The lowest BCUT2D eigenvalue weighted by atomic mass is 10.1. The molecule has 0 spiro atoms.